The Morgan fingerprint density at radius 2 is 2.05 bits per heavy atom. The zero-order valence-corrected chi connectivity index (χ0v) is 12.0. The van der Waals surface area contributed by atoms with Gasteiger partial charge in [-0.2, -0.15) is 0 Å². The highest BCUT2D eigenvalue weighted by Crippen LogP contribution is 2.30. The number of hydrogen-bond donors (Lipinski definition) is 1. The molecule has 0 unspecified atom stereocenters. The van der Waals surface area contributed by atoms with Crippen molar-refractivity contribution in [1.82, 2.24) is 10.2 Å². The highest BCUT2D eigenvalue weighted by molar-refractivity contribution is 6.20. The number of alkyl halides is 1. The molecule has 5 nitrogen and oxygen atoms in total. The number of rotatable bonds is 3. The van der Waals surface area contributed by atoms with Gasteiger partial charge in [-0.05, 0) is 5.56 Å². The van der Waals surface area contributed by atoms with Crippen LogP contribution in [-0.2, 0) is 9.53 Å². The molecule has 0 aliphatic carbocycles. The summed E-state index contributed by atoms with van der Waals surface area (Å²) < 4.78 is 4.82. The van der Waals surface area contributed by atoms with Gasteiger partial charge in [0.1, 0.15) is 0 Å². The molecule has 20 heavy (non-hydrogen) atoms. The molecule has 106 valence electrons. The van der Waals surface area contributed by atoms with Crippen LogP contribution >= 0.6 is 11.6 Å². The second-order valence-corrected chi connectivity index (χ2v) is 4.61. The van der Waals surface area contributed by atoms with Gasteiger partial charge in [-0.15, -0.1) is 11.6 Å². The topological polar surface area (TPSA) is 58.6 Å². The third-order valence-electron chi connectivity index (χ3n) is 3.24. The number of nitrogens with zero attached hydrogens (tertiary/aromatic N) is 1. The Bertz CT molecular complexity index is 557. The minimum absolute atomic E-state index is 0.0533. The van der Waals surface area contributed by atoms with Gasteiger partial charge in [-0.25, -0.2) is 9.59 Å². The van der Waals surface area contributed by atoms with Crippen LogP contribution in [0.4, 0.5) is 4.79 Å². The van der Waals surface area contributed by atoms with E-state index in [1.54, 1.807) is 7.05 Å². The molecule has 1 aliphatic rings. The maximum absolute atomic E-state index is 12.1. The number of halogens is 1. The smallest absolute Gasteiger partial charge is 0.338 e. The molecule has 2 amide bonds. The van der Waals surface area contributed by atoms with Crippen LogP contribution in [0.3, 0.4) is 0 Å². The fourth-order valence-electron chi connectivity index (χ4n) is 2.17. The lowest BCUT2D eigenvalue weighted by Gasteiger charge is -2.33. The first-order valence-corrected chi connectivity index (χ1v) is 6.60. The first kappa shape index (κ1) is 14.4. The highest BCUT2D eigenvalue weighted by atomic mass is 35.5. The standard InChI is InChI=1S/C14H15ClN2O3/c1-17-10(8-15)11(13(18)20-2)12(16-14(17)19)9-6-4-3-5-7-9/h3-7,12H,8H2,1-2H3,(H,16,19)/t12-/m1/s1. The van der Waals surface area contributed by atoms with Crippen LogP contribution in [0.1, 0.15) is 11.6 Å². The van der Waals surface area contributed by atoms with E-state index in [2.05, 4.69) is 5.32 Å². The van der Waals surface area contributed by atoms with Gasteiger partial charge in [0.05, 0.1) is 24.6 Å². The molecular weight excluding hydrogens is 280 g/mol. The first-order chi connectivity index (χ1) is 9.60. The average Bonchev–Trinajstić information content (AvgIpc) is 2.49. The zero-order chi connectivity index (χ0) is 14.7. The fourth-order valence-corrected chi connectivity index (χ4v) is 2.49. The van der Waals surface area contributed by atoms with Crippen molar-refractivity contribution in [2.75, 3.05) is 20.0 Å². The number of hydrogen-bond acceptors (Lipinski definition) is 3. The lowest BCUT2D eigenvalue weighted by molar-refractivity contribution is -0.136. The fraction of sp³-hybridized carbons (Fsp3) is 0.286. The molecule has 0 radical (unpaired) electrons. The monoisotopic (exact) mass is 294 g/mol. The number of esters is 1. The summed E-state index contributed by atoms with van der Waals surface area (Å²) >= 11 is 5.90. The number of benzene rings is 1. The van der Waals surface area contributed by atoms with E-state index < -0.39 is 12.0 Å². The molecular formula is C14H15ClN2O3. The summed E-state index contributed by atoms with van der Waals surface area (Å²) in [5.41, 5.74) is 1.61. The van der Waals surface area contributed by atoms with E-state index in [0.29, 0.717) is 11.3 Å². The Morgan fingerprint density at radius 1 is 1.40 bits per heavy atom. The first-order valence-electron chi connectivity index (χ1n) is 6.06. The highest BCUT2D eigenvalue weighted by Gasteiger charge is 2.35. The largest absolute Gasteiger partial charge is 0.466 e. The maximum Gasteiger partial charge on any atom is 0.338 e. The predicted octanol–water partition coefficient (Wildman–Crippen LogP) is 2.05. The summed E-state index contributed by atoms with van der Waals surface area (Å²) in [6.45, 7) is 0. The quantitative estimate of drug-likeness (QED) is 0.685. The van der Waals surface area contributed by atoms with Crippen molar-refractivity contribution in [1.29, 1.82) is 0 Å². The van der Waals surface area contributed by atoms with Crippen molar-refractivity contribution in [2.24, 2.45) is 0 Å². The van der Waals surface area contributed by atoms with Crippen molar-refractivity contribution in [3.63, 3.8) is 0 Å². The Hall–Kier alpha value is -2.01. The SMILES string of the molecule is COC(=O)C1=C(CCl)N(C)C(=O)N[C@@H]1c1ccccc1. The van der Waals surface area contributed by atoms with Crippen LogP contribution < -0.4 is 5.32 Å². The van der Waals surface area contributed by atoms with Gasteiger partial charge >= 0.3 is 12.0 Å². The van der Waals surface area contributed by atoms with Crippen molar-refractivity contribution >= 4 is 23.6 Å². The molecule has 6 heteroatoms. The third-order valence-corrected chi connectivity index (χ3v) is 3.49. The van der Waals surface area contributed by atoms with Crippen molar-refractivity contribution < 1.29 is 14.3 Å². The van der Waals surface area contributed by atoms with E-state index in [1.165, 1.54) is 12.0 Å². The molecule has 1 N–H and O–H groups in total. The Balaban J connectivity index is 2.57. The molecule has 0 fully saturated rings. The Morgan fingerprint density at radius 3 is 2.60 bits per heavy atom. The minimum atomic E-state index is -0.555. The maximum atomic E-state index is 12.1. The van der Waals surface area contributed by atoms with Crippen LogP contribution in [0.15, 0.2) is 41.6 Å². The van der Waals surface area contributed by atoms with E-state index in [4.69, 9.17) is 16.3 Å². The molecule has 0 saturated heterocycles. The van der Waals surface area contributed by atoms with E-state index >= 15 is 0 Å². The number of carbonyl (C=O) groups excluding carboxylic acids is 2. The second kappa shape index (κ2) is 5.96. The average molecular weight is 295 g/mol. The normalized spacial score (nSPS) is 18.9. The van der Waals surface area contributed by atoms with Gasteiger partial charge in [-0.3, -0.25) is 4.90 Å². The van der Waals surface area contributed by atoms with E-state index in [0.717, 1.165) is 5.56 Å². The van der Waals surface area contributed by atoms with Crippen LogP contribution in [0.2, 0.25) is 0 Å². The summed E-state index contributed by atoms with van der Waals surface area (Å²) in [6, 6.07) is 8.37. The molecule has 1 heterocycles. The number of methoxy groups -OCH3 is 1. The van der Waals surface area contributed by atoms with Gasteiger partial charge in [-0.1, -0.05) is 30.3 Å². The van der Waals surface area contributed by atoms with Crippen LogP contribution in [0.5, 0.6) is 0 Å². The summed E-state index contributed by atoms with van der Waals surface area (Å²) in [7, 11) is 2.87. The number of amides is 2. The van der Waals surface area contributed by atoms with Crippen molar-refractivity contribution in [3.05, 3.63) is 47.2 Å². The third kappa shape index (κ3) is 2.49. The van der Waals surface area contributed by atoms with E-state index in [9.17, 15) is 9.59 Å². The summed E-state index contributed by atoms with van der Waals surface area (Å²) in [6.07, 6.45) is 0. The number of carbonyl (C=O) groups is 2. The van der Waals surface area contributed by atoms with Crippen molar-refractivity contribution in [2.45, 2.75) is 6.04 Å². The number of urea groups is 1. The molecule has 1 atom stereocenters. The molecule has 0 bridgehead atoms. The molecule has 1 aromatic rings. The van der Waals surface area contributed by atoms with Gasteiger partial charge in [0, 0.05) is 12.7 Å². The summed E-state index contributed by atoms with van der Waals surface area (Å²) in [5, 5.41) is 2.78. The lowest BCUT2D eigenvalue weighted by Crippen LogP contribution is -2.47. The lowest BCUT2D eigenvalue weighted by atomic mass is 9.95. The predicted molar refractivity (Wildman–Crippen MR) is 75.2 cm³/mol. The van der Waals surface area contributed by atoms with Gasteiger partial charge in [0.15, 0.2) is 0 Å². The van der Waals surface area contributed by atoms with E-state index in [1.807, 2.05) is 30.3 Å². The van der Waals surface area contributed by atoms with Crippen molar-refractivity contribution in [3.8, 4) is 0 Å². The Kier molecular flexibility index (Phi) is 4.29. The minimum Gasteiger partial charge on any atom is -0.466 e. The van der Waals surface area contributed by atoms with Gasteiger partial charge < -0.3 is 10.1 Å². The number of nitrogens with one attached hydrogen (secondary N) is 1. The molecule has 0 aromatic heterocycles. The van der Waals surface area contributed by atoms with Crippen LogP contribution in [0, 0.1) is 0 Å². The number of ether oxygens (including phenoxy) is 1. The second-order valence-electron chi connectivity index (χ2n) is 4.34. The van der Waals surface area contributed by atoms with Gasteiger partial charge in [0.25, 0.3) is 0 Å². The molecule has 1 aromatic carbocycles. The van der Waals surface area contributed by atoms with Gasteiger partial charge in [0.2, 0.25) is 0 Å². The van der Waals surface area contributed by atoms with E-state index in [-0.39, 0.29) is 11.9 Å². The van der Waals surface area contributed by atoms with Crippen LogP contribution in [0.25, 0.3) is 0 Å². The summed E-state index contributed by atoms with van der Waals surface area (Å²) in [5.74, 6) is -0.445. The molecule has 0 spiro atoms. The molecule has 0 saturated carbocycles. The molecule has 1 aliphatic heterocycles. The van der Waals surface area contributed by atoms with Crippen LogP contribution in [-0.4, -0.2) is 36.9 Å². The Labute approximate surface area is 122 Å². The number of allylic oxidation sites excluding steroid dienone is 1. The zero-order valence-electron chi connectivity index (χ0n) is 11.2. The molecule has 2 rings (SSSR count). The summed E-state index contributed by atoms with van der Waals surface area (Å²) in [4.78, 5) is 25.4.